The summed E-state index contributed by atoms with van der Waals surface area (Å²) in [6, 6.07) is 5.80. The van der Waals surface area contributed by atoms with Crippen LogP contribution in [0.15, 0.2) is 24.3 Å². The number of benzene rings is 1. The number of nitrogen functional groups attached to an aromatic ring is 1. The van der Waals surface area contributed by atoms with Gasteiger partial charge in [0, 0.05) is 5.56 Å². The first-order valence-electron chi connectivity index (χ1n) is 5.61. The lowest BCUT2D eigenvalue weighted by Crippen LogP contribution is -2.13. The zero-order valence-electron chi connectivity index (χ0n) is 10.4. The molecule has 0 radical (unpaired) electrons. The molecule has 2 rings (SSSR count). The molecule has 104 valence electrons. The Morgan fingerprint density at radius 2 is 2.05 bits per heavy atom. The SMILES string of the molecule is Cc1cc(Cl)nc(Cl)c1NC(=O)c1ccc(N)c(O)c1. The molecule has 20 heavy (non-hydrogen) atoms. The molecule has 0 aliphatic carbocycles. The fraction of sp³-hybridized carbons (Fsp3) is 0.0769. The van der Waals surface area contributed by atoms with Gasteiger partial charge in [-0.1, -0.05) is 23.2 Å². The van der Waals surface area contributed by atoms with Crippen molar-refractivity contribution in [2.45, 2.75) is 6.92 Å². The Kier molecular flexibility index (Phi) is 4.01. The number of aryl methyl sites for hydroxylation is 1. The Morgan fingerprint density at radius 3 is 2.65 bits per heavy atom. The second-order valence-corrected chi connectivity index (χ2v) is 4.90. The van der Waals surface area contributed by atoms with Crippen molar-refractivity contribution < 1.29 is 9.90 Å². The number of aromatic hydroxyl groups is 1. The maximum atomic E-state index is 12.1. The maximum Gasteiger partial charge on any atom is 0.255 e. The van der Waals surface area contributed by atoms with Gasteiger partial charge in [-0.25, -0.2) is 4.98 Å². The lowest BCUT2D eigenvalue weighted by molar-refractivity contribution is 0.102. The summed E-state index contributed by atoms with van der Waals surface area (Å²) in [6.07, 6.45) is 0. The van der Waals surface area contributed by atoms with Crippen LogP contribution < -0.4 is 11.1 Å². The van der Waals surface area contributed by atoms with E-state index in [4.69, 9.17) is 28.9 Å². The summed E-state index contributed by atoms with van der Waals surface area (Å²) in [7, 11) is 0. The van der Waals surface area contributed by atoms with Crippen molar-refractivity contribution in [1.29, 1.82) is 0 Å². The first-order chi connectivity index (χ1) is 9.38. The number of nitrogens with two attached hydrogens (primary N) is 1. The number of phenols is 1. The average molecular weight is 312 g/mol. The number of aromatic nitrogens is 1. The molecule has 0 saturated carbocycles. The van der Waals surface area contributed by atoms with E-state index in [-0.39, 0.29) is 27.3 Å². The van der Waals surface area contributed by atoms with E-state index in [2.05, 4.69) is 10.3 Å². The highest BCUT2D eigenvalue weighted by Gasteiger charge is 2.13. The second kappa shape index (κ2) is 5.56. The molecule has 2 aromatic rings. The number of rotatable bonds is 2. The molecule has 1 amide bonds. The normalized spacial score (nSPS) is 10.3. The van der Waals surface area contributed by atoms with Crippen LogP contribution in [0.25, 0.3) is 0 Å². The molecule has 7 heteroatoms. The summed E-state index contributed by atoms with van der Waals surface area (Å²) in [4.78, 5) is 15.9. The smallest absolute Gasteiger partial charge is 0.255 e. The number of anilines is 2. The number of hydrogen-bond acceptors (Lipinski definition) is 4. The summed E-state index contributed by atoms with van der Waals surface area (Å²) in [5.74, 6) is -0.593. The Labute approximate surface area is 125 Å². The predicted octanol–water partition coefficient (Wildman–Crippen LogP) is 3.24. The molecule has 0 spiro atoms. The average Bonchev–Trinajstić information content (AvgIpc) is 2.36. The van der Waals surface area contributed by atoms with Gasteiger partial charge in [0.15, 0.2) is 5.15 Å². The van der Waals surface area contributed by atoms with Crippen molar-refractivity contribution in [3.8, 4) is 5.75 Å². The third kappa shape index (κ3) is 2.95. The quantitative estimate of drug-likeness (QED) is 0.451. The molecule has 0 fully saturated rings. The molecular formula is C13H11Cl2N3O2. The first kappa shape index (κ1) is 14.4. The number of carbonyl (C=O) groups is 1. The highest BCUT2D eigenvalue weighted by molar-refractivity contribution is 6.35. The van der Waals surface area contributed by atoms with Crippen LogP contribution >= 0.6 is 23.2 Å². The third-order valence-electron chi connectivity index (χ3n) is 2.67. The molecule has 0 atom stereocenters. The molecule has 0 bridgehead atoms. The number of carbonyl (C=O) groups excluding carboxylic acids is 1. The second-order valence-electron chi connectivity index (χ2n) is 4.16. The zero-order chi connectivity index (χ0) is 14.9. The van der Waals surface area contributed by atoms with E-state index in [0.29, 0.717) is 11.3 Å². The molecular weight excluding hydrogens is 301 g/mol. The number of pyridine rings is 1. The van der Waals surface area contributed by atoms with E-state index in [1.807, 2.05) is 0 Å². The summed E-state index contributed by atoms with van der Waals surface area (Å²) in [5, 5.41) is 12.5. The van der Waals surface area contributed by atoms with Gasteiger partial charge in [0.2, 0.25) is 0 Å². The largest absolute Gasteiger partial charge is 0.506 e. The van der Waals surface area contributed by atoms with E-state index in [1.54, 1.807) is 13.0 Å². The summed E-state index contributed by atoms with van der Waals surface area (Å²) in [5.41, 5.74) is 6.98. The van der Waals surface area contributed by atoms with E-state index >= 15 is 0 Å². The van der Waals surface area contributed by atoms with E-state index in [9.17, 15) is 9.90 Å². The summed E-state index contributed by atoms with van der Waals surface area (Å²) in [6.45, 7) is 1.75. The minimum absolute atomic E-state index is 0.100. The van der Waals surface area contributed by atoms with Crippen LogP contribution in [0.4, 0.5) is 11.4 Å². The van der Waals surface area contributed by atoms with Gasteiger partial charge in [-0.2, -0.15) is 0 Å². The number of nitrogens with one attached hydrogen (secondary N) is 1. The Morgan fingerprint density at radius 1 is 1.35 bits per heavy atom. The van der Waals surface area contributed by atoms with Crippen LogP contribution in [0.1, 0.15) is 15.9 Å². The van der Waals surface area contributed by atoms with Gasteiger partial charge >= 0.3 is 0 Å². The molecule has 0 aliphatic rings. The predicted molar refractivity (Wildman–Crippen MR) is 79.5 cm³/mol. The van der Waals surface area contributed by atoms with E-state index in [0.717, 1.165) is 0 Å². The molecule has 0 unspecified atom stereocenters. The van der Waals surface area contributed by atoms with Gasteiger partial charge in [-0.3, -0.25) is 4.79 Å². The van der Waals surface area contributed by atoms with Crippen LogP contribution in [0.2, 0.25) is 10.3 Å². The molecule has 0 aliphatic heterocycles. The van der Waals surface area contributed by atoms with Gasteiger partial charge in [0.05, 0.1) is 11.4 Å². The molecule has 5 nitrogen and oxygen atoms in total. The van der Waals surface area contributed by atoms with Crippen molar-refractivity contribution in [1.82, 2.24) is 4.98 Å². The number of nitrogens with zero attached hydrogens (tertiary/aromatic N) is 1. The van der Waals surface area contributed by atoms with Gasteiger partial charge in [-0.05, 0) is 36.8 Å². The van der Waals surface area contributed by atoms with E-state index < -0.39 is 5.91 Å². The monoisotopic (exact) mass is 311 g/mol. The summed E-state index contributed by atoms with van der Waals surface area (Å²) < 4.78 is 0. The van der Waals surface area contributed by atoms with Crippen LogP contribution in [0.3, 0.4) is 0 Å². The fourth-order valence-corrected chi connectivity index (χ4v) is 2.20. The van der Waals surface area contributed by atoms with Crippen LogP contribution in [-0.4, -0.2) is 16.0 Å². The molecule has 0 saturated heterocycles. The van der Waals surface area contributed by atoms with Gasteiger partial charge in [0.25, 0.3) is 5.91 Å². The van der Waals surface area contributed by atoms with Crippen LogP contribution in [0.5, 0.6) is 5.75 Å². The van der Waals surface area contributed by atoms with Crippen molar-refractivity contribution in [3.63, 3.8) is 0 Å². The van der Waals surface area contributed by atoms with Gasteiger partial charge < -0.3 is 16.2 Å². The molecule has 4 N–H and O–H groups in total. The number of halogens is 2. The van der Waals surface area contributed by atoms with Gasteiger partial charge in [-0.15, -0.1) is 0 Å². The van der Waals surface area contributed by atoms with Gasteiger partial charge in [0.1, 0.15) is 10.9 Å². The Bertz CT molecular complexity index is 666. The fourth-order valence-electron chi connectivity index (χ4n) is 1.62. The van der Waals surface area contributed by atoms with E-state index in [1.165, 1.54) is 18.2 Å². The highest BCUT2D eigenvalue weighted by atomic mass is 35.5. The number of amides is 1. The van der Waals surface area contributed by atoms with Crippen molar-refractivity contribution in [2.24, 2.45) is 0 Å². The lowest BCUT2D eigenvalue weighted by atomic mass is 10.1. The van der Waals surface area contributed by atoms with Crippen molar-refractivity contribution in [2.75, 3.05) is 11.1 Å². The molecule has 1 aromatic carbocycles. The standard InChI is InChI=1S/C13H11Cl2N3O2/c1-6-4-10(14)17-12(15)11(6)18-13(20)7-2-3-8(16)9(19)5-7/h2-5,19H,16H2,1H3,(H,18,20). The Balaban J connectivity index is 2.30. The molecule has 1 aromatic heterocycles. The lowest BCUT2D eigenvalue weighted by Gasteiger charge is -2.10. The minimum atomic E-state index is -0.436. The Hall–Kier alpha value is -1.98. The highest BCUT2D eigenvalue weighted by Crippen LogP contribution is 2.27. The minimum Gasteiger partial charge on any atom is -0.506 e. The number of phenolic OH excluding ortho intramolecular Hbond substituents is 1. The van der Waals surface area contributed by atoms with Crippen LogP contribution in [-0.2, 0) is 0 Å². The number of hydrogen-bond donors (Lipinski definition) is 3. The van der Waals surface area contributed by atoms with Crippen molar-refractivity contribution in [3.05, 3.63) is 45.7 Å². The molecule has 1 heterocycles. The zero-order valence-corrected chi connectivity index (χ0v) is 12.0. The third-order valence-corrected chi connectivity index (χ3v) is 3.14. The topological polar surface area (TPSA) is 88.2 Å². The first-order valence-corrected chi connectivity index (χ1v) is 6.36. The van der Waals surface area contributed by atoms with Crippen molar-refractivity contribution >= 4 is 40.5 Å². The van der Waals surface area contributed by atoms with Crippen LogP contribution in [0, 0.1) is 6.92 Å². The maximum absolute atomic E-state index is 12.1. The summed E-state index contributed by atoms with van der Waals surface area (Å²) >= 11 is 11.7.